The zero-order valence-corrected chi connectivity index (χ0v) is 16.8. The van der Waals surface area contributed by atoms with Crippen LogP contribution in [0.4, 0.5) is 10.1 Å². The van der Waals surface area contributed by atoms with Crippen LogP contribution in [0.3, 0.4) is 0 Å². The van der Waals surface area contributed by atoms with Crippen LogP contribution in [0.2, 0.25) is 0 Å². The van der Waals surface area contributed by atoms with Crippen molar-refractivity contribution in [2.24, 2.45) is 0 Å². The Morgan fingerprint density at radius 2 is 1.76 bits per heavy atom. The van der Waals surface area contributed by atoms with Crippen LogP contribution in [0.1, 0.15) is 11.1 Å². The highest BCUT2D eigenvalue weighted by molar-refractivity contribution is 5.93. The number of methoxy groups -OCH3 is 1. The first kappa shape index (κ1) is 20.8. The summed E-state index contributed by atoms with van der Waals surface area (Å²) in [5.41, 5.74) is 2.49. The van der Waals surface area contributed by atoms with E-state index in [9.17, 15) is 14.0 Å². The van der Waals surface area contributed by atoms with Crippen molar-refractivity contribution in [3.8, 4) is 5.75 Å². The Balaban J connectivity index is 1.47. The van der Waals surface area contributed by atoms with Crippen molar-refractivity contribution in [2.75, 3.05) is 45.2 Å². The van der Waals surface area contributed by atoms with Gasteiger partial charge in [0.25, 0.3) is 0 Å². The number of ether oxygens (including phenoxy) is 1. The lowest BCUT2D eigenvalue weighted by Crippen LogP contribution is -2.50. The van der Waals surface area contributed by atoms with Crippen LogP contribution in [-0.2, 0) is 16.0 Å². The number of carbonyl (C=O) groups is 2. The number of piperazine rings is 1. The number of carbonyl (C=O) groups excluding carboxylic acids is 2. The molecule has 0 aliphatic carbocycles. The lowest BCUT2D eigenvalue weighted by molar-refractivity contribution is -0.132. The maximum atomic E-state index is 13.0. The number of amides is 2. The van der Waals surface area contributed by atoms with Crippen LogP contribution in [0.15, 0.2) is 42.5 Å². The van der Waals surface area contributed by atoms with Gasteiger partial charge in [0.15, 0.2) is 0 Å². The lowest BCUT2D eigenvalue weighted by Gasteiger charge is -2.34. The van der Waals surface area contributed by atoms with Crippen molar-refractivity contribution < 1.29 is 18.7 Å². The van der Waals surface area contributed by atoms with Gasteiger partial charge in [0, 0.05) is 26.2 Å². The molecular weight excluding hydrogens is 373 g/mol. The number of hydrogen-bond acceptors (Lipinski definition) is 4. The Hall–Kier alpha value is -2.93. The van der Waals surface area contributed by atoms with Crippen molar-refractivity contribution in [1.29, 1.82) is 0 Å². The van der Waals surface area contributed by atoms with E-state index in [1.807, 2.05) is 30.0 Å². The van der Waals surface area contributed by atoms with E-state index in [2.05, 4.69) is 5.32 Å². The molecule has 1 fully saturated rings. The van der Waals surface area contributed by atoms with Crippen molar-refractivity contribution in [2.45, 2.75) is 13.3 Å². The third-order valence-corrected chi connectivity index (χ3v) is 4.99. The quantitative estimate of drug-likeness (QED) is 0.811. The number of benzene rings is 2. The highest BCUT2D eigenvalue weighted by Gasteiger charge is 2.22. The smallest absolute Gasteiger partial charge is 0.238 e. The third kappa shape index (κ3) is 5.77. The Morgan fingerprint density at radius 1 is 1.07 bits per heavy atom. The molecule has 1 N–H and O–H groups in total. The van der Waals surface area contributed by atoms with Gasteiger partial charge < -0.3 is 15.0 Å². The number of anilines is 1. The molecule has 1 saturated heterocycles. The van der Waals surface area contributed by atoms with Crippen molar-refractivity contribution in [1.82, 2.24) is 9.80 Å². The number of nitrogens with zero attached hydrogens (tertiary/aromatic N) is 2. The molecule has 7 heteroatoms. The van der Waals surface area contributed by atoms with Crippen LogP contribution in [0, 0.1) is 12.7 Å². The monoisotopic (exact) mass is 399 g/mol. The SMILES string of the molecule is COc1ccc(C)cc1NC(=O)CN1CCN(C(=O)Cc2ccc(F)cc2)CC1. The first-order valence-electron chi connectivity index (χ1n) is 9.63. The Kier molecular flexibility index (Phi) is 6.82. The fourth-order valence-corrected chi connectivity index (χ4v) is 3.36. The third-order valence-electron chi connectivity index (χ3n) is 4.99. The van der Waals surface area contributed by atoms with Crippen LogP contribution in [0.5, 0.6) is 5.75 Å². The summed E-state index contributed by atoms with van der Waals surface area (Å²) in [5.74, 6) is 0.224. The second-order valence-corrected chi connectivity index (χ2v) is 7.21. The fraction of sp³-hybridized carbons (Fsp3) is 0.364. The lowest BCUT2D eigenvalue weighted by atomic mass is 10.1. The minimum absolute atomic E-state index is 0.0187. The van der Waals surface area contributed by atoms with Gasteiger partial charge in [-0.05, 0) is 42.3 Å². The number of rotatable bonds is 6. The number of aryl methyl sites for hydroxylation is 1. The van der Waals surface area contributed by atoms with Gasteiger partial charge >= 0.3 is 0 Å². The summed E-state index contributed by atoms with van der Waals surface area (Å²) in [6, 6.07) is 11.6. The Morgan fingerprint density at radius 3 is 2.41 bits per heavy atom. The maximum absolute atomic E-state index is 13.0. The van der Waals surface area contributed by atoms with Gasteiger partial charge in [-0.2, -0.15) is 0 Å². The standard InChI is InChI=1S/C22H26FN3O3/c1-16-3-8-20(29-2)19(13-16)24-21(27)15-25-9-11-26(12-10-25)22(28)14-17-4-6-18(23)7-5-17/h3-8,13H,9-12,14-15H2,1-2H3,(H,24,27). The van der Waals surface area contributed by atoms with Crippen molar-refractivity contribution >= 4 is 17.5 Å². The summed E-state index contributed by atoms with van der Waals surface area (Å²) in [5, 5.41) is 2.90. The normalized spacial score (nSPS) is 14.5. The van der Waals surface area contributed by atoms with Crippen LogP contribution in [-0.4, -0.2) is 61.4 Å². The molecule has 0 aromatic heterocycles. The van der Waals surface area contributed by atoms with Crippen molar-refractivity contribution in [3.63, 3.8) is 0 Å². The van der Waals surface area contributed by atoms with E-state index in [-0.39, 0.29) is 30.6 Å². The second kappa shape index (κ2) is 9.52. The van der Waals surface area contributed by atoms with Crippen LogP contribution in [0.25, 0.3) is 0 Å². The summed E-state index contributed by atoms with van der Waals surface area (Å²) in [6.07, 6.45) is 0.258. The van der Waals surface area contributed by atoms with Crippen LogP contribution >= 0.6 is 0 Å². The summed E-state index contributed by atoms with van der Waals surface area (Å²) in [4.78, 5) is 28.7. The molecule has 0 spiro atoms. The van der Waals surface area contributed by atoms with E-state index >= 15 is 0 Å². The van der Waals surface area contributed by atoms with E-state index in [1.165, 1.54) is 12.1 Å². The molecule has 0 radical (unpaired) electrons. The molecule has 2 amide bonds. The van der Waals surface area contributed by atoms with Crippen LogP contribution < -0.4 is 10.1 Å². The summed E-state index contributed by atoms with van der Waals surface area (Å²) >= 11 is 0. The highest BCUT2D eigenvalue weighted by Crippen LogP contribution is 2.25. The maximum Gasteiger partial charge on any atom is 0.238 e. The summed E-state index contributed by atoms with van der Waals surface area (Å²) < 4.78 is 18.3. The minimum atomic E-state index is -0.309. The first-order valence-corrected chi connectivity index (χ1v) is 9.63. The number of hydrogen-bond donors (Lipinski definition) is 1. The first-order chi connectivity index (χ1) is 13.9. The molecule has 0 bridgehead atoms. The molecule has 3 rings (SSSR count). The van der Waals surface area contributed by atoms with Gasteiger partial charge in [-0.3, -0.25) is 14.5 Å². The van der Waals surface area contributed by atoms with E-state index in [4.69, 9.17) is 4.74 Å². The molecule has 154 valence electrons. The molecule has 29 heavy (non-hydrogen) atoms. The van der Waals surface area contributed by atoms with Gasteiger partial charge in [0.1, 0.15) is 11.6 Å². The molecule has 2 aromatic rings. The topological polar surface area (TPSA) is 61.9 Å². The highest BCUT2D eigenvalue weighted by atomic mass is 19.1. The molecule has 1 aliphatic heterocycles. The summed E-state index contributed by atoms with van der Waals surface area (Å²) in [6.45, 7) is 4.62. The number of halogens is 1. The van der Waals surface area contributed by atoms with E-state index in [1.54, 1.807) is 24.1 Å². The van der Waals surface area contributed by atoms with Crippen molar-refractivity contribution in [3.05, 3.63) is 59.4 Å². The minimum Gasteiger partial charge on any atom is -0.495 e. The Bertz CT molecular complexity index is 862. The molecule has 6 nitrogen and oxygen atoms in total. The predicted molar refractivity (Wildman–Crippen MR) is 109 cm³/mol. The predicted octanol–water partition coefficient (Wildman–Crippen LogP) is 2.47. The van der Waals surface area contributed by atoms with Gasteiger partial charge in [-0.1, -0.05) is 18.2 Å². The average molecular weight is 399 g/mol. The van der Waals surface area contributed by atoms with Gasteiger partial charge in [0.2, 0.25) is 11.8 Å². The van der Waals surface area contributed by atoms with Gasteiger partial charge in [0.05, 0.1) is 25.8 Å². The molecular formula is C22H26FN3O3. The zero-order chi connectivity index (χ0) is 20.8. The molecule has 1 aliphatic rings. The molecule has 1 heterocycles. The Labute approximate surface area is 170 Å². The molecule has 0 saturated carbocycles. The van der Waals surface area contributed by atoms with E-state index < -0.39 is 0 Å². The zero-order valence-electron chi connectivity index (χ0n) is 16.8. The summed E-state index contributed by atoms with van der Waals surface area (Å²) in [7, 11) is 1.57. The molecule has 2 aromatic carbocycles. The molecule has 0 unspecified atom stereocenters. The van der Waals surface area contributed by atoms with E-state index in [0.29, 0.717) is 37.6 Å². The van der Waals surface area contributed by atoms with Gasteiger partial charge in [-0.25, -0.2) is 4.39 Å². The molecule has 0 atom stereocenters. The largest absolute Gasteiger partial charge is 0.495 e. The number of nitrogens with one attached hydrogen (secondary N) is 1. The van der Waals surface area contributed by atoms with Gasteiger partial charge in [-0.15, -0.1) is 0 Å². The average Bonchev–Trinajstić information content (AvgIpc) is 2.70. The fourth-order valence-electron chi connectivity index (χ4n) is 3.36. The second-order valence-electron chi connectivity index (χ2n) is 7.21. The van der Waals surface area contributed by atoms with E-state index in [0.717, 1.165) is 11.1 Å².